The monoisotopic (exact) mass is 408 g/mol. The molecule has 3 aromatic rings. The third kappa shape index (κ3) is 3.68. The number of benzene rings is 2. The molecule has 152 valence electrons. The van der Waals surface area contributed by atoms with E-state index in [0.717, 1.165) is 32.1 Å². The minimum Gasteiger partial charge on any atom is -0.367 e. The summed E-state index contributed by atoms with van der Waals surface area (Å²) in [6, 6.07) is 7.18. The minimum atomic E-state index is -2.22. The van der Waals surface area contributed by atoms with Gasteiger partial charge in [-0.05, 0) is 25.0 Å². The summed E-state index contributed by atoms with van der Waals surface area (Å²) < 4.78 is 68.3. The standard InChI is InChI=1S/C20H17F5N4/c21-13-14(22)16(24)18(17(25)15(13)23)28-20-27-12-9-5-4-8-11(12)19(29-20)26-10-6-2-1-3-7-10/h4-5,8-10H,1-3,6-7H2,(H2,26,27,28,29). The van der Waals surface area contributed by atoms with Gasteiger partial charge < -0.3 is 10.6 Å². The average Bonchev–Trinajstić information content (AvgIpc) is 2.75. The van der Waals surface area contributed by atoms with Crippen LogP contribution < -0.4 is 10.6 Å². The number of anilines is 3. The van der Waals surface area contributed by atoms with Crippen LogP contribution in [-0.4, -0.2) is 16.0 Å². The highest BCUT2D eigenvalue weighted by atomic mass is 19.2. The van der Waals surface area contributed by atoms with Crippen LogP contribution in [0.1, 0.15) is 32.1 Å². The third-order valence-corrected chi connectivity index (χ3v) is 5.00. The molecule has 9 heteroatoms. The van der Waals surface area contributed by atoms with Crippen LogP contribution in [0.15, 0.2) is 24.3 Å². The van der Waals surface area contributed by atoms with E-state index in [2.05, 4.69) is 20.6 Å². The Hall–Kier alpha value is -2.97. The summed E-state index contributed by atoms with van der Waals surface area (Å²) in [7, 11) is 0. The molecule has 0 saturated heterocycles. The van der Waals surface area contributed by atoms with Crippen molar-refractivity contribution >= 4 is 28.4 Å². The van der Waals surface area contributed by atoms with Crippen molar-refractivity contribution in [3.05, 3.63) is 53.4 Å². The normalized spacial score (nSPS) is 14.9. The Balaban J connectivity index is 1.75. The van der Waals surface area contributed by atoms with Gasteiger partial charge in [-0.25, -0.2) is 26.9 Å². The molecule has 1 aliphatic carbocycles. The Morgan fingerprint density at radius 3 is 2.07 bits per heavy atom. The van der Waals surface area contributed by atoms with Gasteiger partial charge in [0.1, 0.15) is 11.5 Å². The molecule has 4 nitrogen and oxygen atoms in total. The van der Waals surface area contributed by atoms with E-state index in [0.29, 0.717) is 16.7 Å². The molecule has 29 heavy (non-hydrogen) atoms. The molecule has 0 spiro atoms. The van der Waals surface area contributed by atoms with Crippen LogP contribution >= 0.6 is 0 Å². The highest BCUT2D eigenvalue weighted by Gasteiger charge is 2.26. The zero-order valence-corrected chi connectivity index (χ0v) is 15.2. The molecule has 0 bridgehead atoms. The second kappa shape index (κ2) is 7.81. The van der Waals surface area contributed by atoms with Crippen molar-refractivity contribution in [3.63, 3.8) is 0 Å². The zero-order chi connectivity index (χ0) is 20.5. The Morgan fingerprint density at radius 1 is 0.759 bits per heavy atom. The topological polar surface area (TPSA) is 49.8 Å². The number of rotatable bonds is 4. The van der Waals surface area contributed by atoms with Gasteiger partial charge in [-0.2, -0.15) is 4.98 Å². The van der Waals surface area contributed by atoms with Crippen molar-refractivity contribution in [1.29, 1.82) is 0 Å². The number of hydrogen-bond acceptors (Lipinski definition) is 4. The number of aromatic nitrogens is 2. The maximum atomic E-state index is 14.0. The lowest BCUT2D eigenvalue weighted by atomic mass is 9.95. The average molecular weight is 408 g/mol. The van der Waals surface area contributed by atoms with Crippen LogP contribution in [0.3, 0.4) is 0 Å². The number of hydrogen-bond donors (Lipinski definition) is 2. The lowest BCUT2D eigenvalue weighted by molar-refractivity contribution is 0.382. The van der Waals surface area contributed by atoms with Crippen LogP contribution in [0.2, 0.25) is 0 Å². The molecule has 0 amide bonds. The van der Waals surface area contributed by atoms with Gasteiger partial charge in [-0.15, -0.1) is 0 Å². The van der Waals surface area contributed by atoms with E-state index in [9.17, 15) is 22.0 Å². The van der Waals surface area contributed by atoms with Crippen molar-refractivity contribution in [2.75, 3.05) is 10.6 Å². The van der Waals surface area contributed by atoms with E-state index in [-0.39, 0.29) is 12.0 Å². The van der Waals surface area contributed by atoms with Crippen molar-refractivity contribution in [2.45, 2.75) is 38.1 Å². The Labute approximate surface area is 163 Å². The van der Waals surface area contributed by atoms with Crippen LogP contribution in [0.5, 0.6) is 0 Å². The first-order chi connectivity index (χ1) is 14.0. The highest BCUT2D eigenvalue weighted by molar-refractivity contribution is 5.90. The lowest BCUT2D eigenvalue weighted by Crippen LogP contribution is -2.23. The molecule has 0 aliphatic heterocycles. The molecule has 1 aliphatic rings. The van der Waals surface area contributed by atoms with Crippen molar-refractivity contribution in [2.24, 2.45) is 0 Å². The van der Waals surface area contributed by atoms with Gasteiger partial charge in [0.05, 0.1) is 5.52 Å². The van der Waals surface area contributed by atoms with Gasteiger partial charge in [0.25, 0.3) is 0 Å². The SMILES string of the molecule is Fc1c(F)c(F)c(Nc2nc(NC3CCCCC3)c3ccccc3n2)c(F)c1F. The second-order valence-electron chi connectivity index (χ2n) is 6.96. The number of halogens is 5. The fraction of sp³-hybridized carbons (Fsp3) is 0.300. The number of nitrogens with one attached hydrogen (secondary N) is 2. The summed E-state index contributed by atoms with van der Waals surface area (Å²) >= 11 is 0. The van der Waals surface area contributed by atoms with E-state index in [1.807, 2.05) is 0 Å². The summed E-state index contributed by atoms with van der Waals surface area (Å²) in [6.45, 7) is 0. The Bertz CT molecular complexity index is 1040. The highest BCUT2D eigenvalue weighted by Crippen LogP contribution is 2.31. The maximum absolute atomic E-state index is 14.0. The molecule has 2 aromatic carbocycles. The van der Waals surface area contributed by atoms with Crippen molar-refractivity contribution in [1.82, 2.24) is 9.97 Å². The summed E-state index contributed by atoms with van der Waals surface area (Å²) in [5.74, 6) is -10.1. The van der Waals surface area contributed by atoms with Gasteiger partial charge in [-0.3, -0.25) is 0 Å². The van der Waals surface area contributed by atoms with Crippen LogP contribution in [0, 0.1) is 29.1 Å². The molecular formula is C20H17F5N4. The molecule has 0 atom stereocenters. The van der Waals surface area contributed by atoms with E-state index in [1.54, 1.807) is 24.3 Å². The van der Waals surface area contributed by atoms with Crippen molar-refractivity contribution in [3.8, 4) is 0 Å². The predicted molar refractivity (Wildman–Crippen MR) is 99.5 cm³/mol. The zero-order valence-electron chi connectivity index (χ0n) is 15.2. The Kier molecular flexibility index (Phi) is 5.21. The van der Waals surface area contributed by atoms with E-state index in [4.69, 9.17) is 0 Å². The first-order valence-electron chi connectivity index (χ1n) is 9.27. The molecule has 1 heterocycles. The van der Waals surface area contributed by atoms with Crippen LogP contribution in [-0.2, 0) is 0 Å². The first kappa shape index (κ1) is 19.4. The quantitative estimate of drug-likeness (QED) is 0.325. The molecule has 1 fully saturated rings. The maximum Gasteiger partial charge on any atom is 0.229 e. The van der Waals surface area contributed by atoms with E-state index < -0.39 is 34.8 Å². The van der Waals surface area contributed by atoms with Gasteiger partial charge in [0.15, 0.2) is 23.3 Å². The van der Waals surface area contributed by atoms with Crippen LogP contribution in [0.4, 0.5) is 39.4 Å². The largest absolute Gasteiger partial charge is 0.367 e. The Morgan fingerprint density at radius 2 is 1.38 bits per heavy atom. The van der Waals surface area contributed by atoms with E-state index >= 15 is 0 Å². The molecular weight excluding hydrogens is 391 g/mol. The molecule has 2 N–H and O–H groups in total. The third-order valence-electron chi connectivity index (χ3n) is 5.00. The lowest BCUT2D eigenvalue weighted by Gasteiger charge is -2.24. The number of fused-ring (bicyclic) bond motifs is 1. The van der Waals surface area contributed by atoms with Gasteiger partial charge in [0, 0.05) is 11.4 Å². The summed E-state index contributed by atoms with van der Waals surface area (Å²) in [5, 5.41) is 6.18. The van der Waals surface area contributed by atoms with Gasteiger partial charge in [0.2, 0.25) is 11.8 Å². The first-order valence-corrected chi connectivity index (χ1v) is 9.27. The molecule has 1 saturated carbocycles. The molecule has 4 rings (SSSR count). The summed E-state index contributed by atoms with van der Waals surface area (Å²) in [5.41, 5.74) is -0.729. The fourth-order valence-corrected chi connectivity index (χ4v) is 3.51. The molecule has 0 radical (unpaired) electrons. The number of para-hydroxylation sites is 1. The van der Waals surface area contributed by atoms with Gasteiger partial charge >= 0.3 is 0 Å². The minimum absolute atomic E-state index is 0.184. The van der Waals surface area contributed by atoms with Crippen molar-refractivity contribution < 1.29 is 22.0 Å². The van der Waals surface area contributed by atoms with E-state index in [1.165, 1.54) is 0 Å². The molecule has 1 aromatic heterocycles. The fourth-order valence-electron chi connectivity index (χ4n) is 3.51. The smallest absolute Gasteiger partial charge is 0.229 e. The molecule has 0 unspecified atom stereocenters. The number of nitrogens with zero attached hydrogens (tertiary/aromatic N) is 2. The van der Waals surface area contributed by atoms with Gasteiger partial charge in [-0.1, -0.05) is 31.4 Å². The second-order valence-corrected chi connectivity index (χ2v) is 6.96. The van der Waals surface area contributed by atoms with Crippen LogP contribution in [0.25, 0.3) is 10.9 Å². The summed E-state index contributed by atoms with van der Waals surface area (Å²) in [6.07, 6.45) is 5.24. The predicted octanol–water partition coefficient (Wildman–Crippen LogP) is 5.81. The summed E-state index contributed by atoms with van der Waals surface area (Å²) in [4.78, 5) is 8.40.